The van der Waals surface area contributed by atoms with Crippen molar-refractivity contribution in [2.24, 2.45) is 11.8 Å². The second-order valence-corrected chi connectivity index (χ2v) is 31.4. The lowest BCUT2D eigenvalue weighted by Gasteiger charge is -2.21. The molecule has 0 radical (unpaired) electrons. The van der Waals surface area contributed by atoms with E-state index < -0.39 is 97.5 Å². The maximum atomic E-state index is 13.1. The summed E-state index contributed by atoms with van der Waals surface area (Å²) in [5, 5.41) is 10.6. The van der Waals surface area contributed by atoms with Crippen molar-refractivity contribution in [2.45, 2.75) is 407 Å². The summed E-state index contributed by atoms with van der Waals surface area (Å²) in [6.45, 7) is 9.55. The van der Waals surface area contributed by atoms with Gasteiger partial charge in [-0.05, 0) is 63.2 Å². The summed E-state index contributed by atoms with van der Waals surface area (Å²) in [5.74, 6) is -0.595. The summed E-state index contributed by atoms with van der Waals surface area (Å²) in [7, 11) is -9.93. The fourth-order valence-corrected chi connectivity index (χ4v) is 13.2. The quantitative estimate of drug-likeness (QED) is 0.0169. The molecule has 6 atom stereocenters. The van der Waals surface area contributed by atoms with Crippen LogP contribution in [0.5, 0.6) is 0 Å². The number of allylic oxidation sites excluding steroid dienone is 4. The molecule has 0 heterocycles. The van der Waals surface area contributed by atoms with E-state index in [1.54, 1.807) is 0 Å². The highest BCUT2D eigenvalue weighted by molar-refractivity contribution is 7.47. The van der Waals surface area contributed by atoms with Crippen molar-refractivity contribution in [3.05, 3.63) is 24.3 Å². The van der Waals surface area contributed by atoms with Crippen molar-refractivity contribution in [3.8, 4) is 0 Å². The predicted molar refractivity (Wildman–Crippen MR) is 400 cm³/mol. The zero-order valence-corrected chi connectivity index (χ0v) is 65.4. The Labute approximate surface area is 599 Å². The molecule has 0 aromatic rings. The van der Waals surface area contributed by atoms with Gasteiger partial charge in [0.2, 0.25) is 0 Å². The zero-order valence-electron chi connectivity index (χ0n) is 63.6. The molecule has 0 saturated heterocycles. The maximum Gasteiger partial charge on any atom is 0.472 e. The Morgan fingerprint density at radius 1 is 0.337 bits per heavy atom. The van der Waals surface area contributed by atoms with Crippen LogP contribution in [0.25, 0.3) is 0 Å². The minimum absolute atomic E-state index is 0.101. The Morgan fingerprint density at radius 2 is 0.602 bits per heavy atom. The van der Waals surface area contributed by atoms with E-state index in [1.807, 2.05) is 0 Å². The fraction of sp³-hybridized carbons (Fsp3) is 0.899. The van der Waals surface area contributed by atoms with Crippen molar-refractivity contribution < 1.29 is 80.2 Å². The number of aliphatic hydroxyl groups is 1. The lowest BCUT2D eigenvalue weighted by Crippen LogP contribution is -2.30. The molecule has 578 valence electrons. The van der Waals surface area contributed by atoms with Gasteiger partial charge in [-0.3, -0.25) is 37.3 Å². The number of phosphoric acid groups is 2. The third-order valence-corrected chi connectivity index (χ3v) is 20.1. The zero-order chi connectivity index (χ0) is 72.1. The monoisotopic (exact) mass is 1430 g/mol. The van der Waals surface area contributed by atoms with Crippen LogP contribution < -0.4 is 0 Å². The van der Waals surface area contributed by atoms with Crippen molar-refractivity contribution >= 4 is 39.5 Å². The second kappa shape index (κ2) is 70.2. The fourth-order valence-electron chi connectivity index (χ4n) is 11.6. The second-order valence-electron chi connectivity index (χ2n) is 28.5. The molecule has 0 spiro atoms. The molecule has 0 aliphatic heterocycles. The number of ether oxygens (including phenoxy) is 4. The van der Waals surface area contributed by atoms with E-state index in [4.69, 9.17) is 37.0 Å². The molecule has 17 nitrogen and oxygen atoms in total. The number of carbonyl (C=O) groups is 4. The van der Waals surface area contributed by atoms with Gasteiger partial charge in [0.25, 0.3) is 0 Å². The summed E-state index contributed by atoms with van der Waals surface area (Å²) < 4.78 is 68.6. The molecule has 0 saturated carbocycles. The van der Waals surface area contributed by atoms with E-state index in [-0.39, 0.29) is 25.7 Å². The van der Waals surface area contributed by atoms with E-state index in [0.717, 1.165) is 121 Å². The molecule has 98 heavy (non-hydrogen) atoms. The molecular formula is C79H150O17P2. The number of rotatable bonds is 76. The van der Waals surface area contributed by atoms with E-state index in [9.17, 15) is 43.2 Å². The first-order valence-electron chi connectivity index (χ1n) is 40.3. The van der Waals surface area contributed by atoms with Crippen molar-refractivity contribution in [3.63, 3.8) is 0 Å². The number of carbonyl (C=O) groups excluding carboxylic acids is 4. The van der Waals surface area contributed by atoms with Crippen LogP contribution in [0.2, 0.25) is 0 Å². The minimum atomic E-state index is -4.97. The van der Waals surface area contributed by atoms with Crippen molar-refractivity contribution in [1.29, 1.82) is 0 Å². The van der Waals surface area contributed by atoms with Gasteiger partial charge in [0.05, 0.1) is 26.4 Å². The molecule has 0 amide bonds. The SMILES string of the molecule is CCCCCC/C=C\C=C/CCCCCCCC(=O)OC[C@H](COP(=O)(O)OC[C@@H](O)COP(=O)(O)OC[C@@H](COC(=O)CCCCCCCCCC(C)C)OC(=O)CCCCCCCCCCCCCCCCC)OC(=O)CCCCCCCCCCCCCCCCC(C)CC. The van der Waals surface area contributed by atoms with Crippen LogP contribution in [0.3, 0.4) is 0 Å². The third kappa shape index (κ3) is 70.6. The van der Waals surface area contributed by atoms with Crippen LogP contribution in [0.15, 0.2) is 24.3 Å². The standard InChI is InChI=1S/C79H150O17P2/c1-7-10-12-14-16-18-20-22-24-29-33-37-43-49-55-61-76(81)89-67-74(95-78(83)64-58-52-45-39-35-31-27-26-28-32-36-42-48-54-60-72(6)9-3)69-93-97(85,86)91-65-73(80)66-92-98(87,88)94-70-75(68-90-77(82)62-56-50-46-40-41-47-53-59-71(4)5)96-79(84)63-57-51-44-38-34-30-25-23-21-19-17-15-13-11-8-2/h18,20,22,24,71-75,80H,7-17,19,21,23,25-70H2,1-6H3,(H,85,86)(H,87,88)/b20-18-,24-22-/t72?,73-,74-,75-/m1/s1. The molecule has 0 bridgehead atoms. The normalized spacial score (nSPS) is 14.4. The smallest absolute Gasteiger partial charge is 0.462 e. The lowest BCUT2D eigenvalue weighted by atomic mass is 9.99. The van der Waals surface area contributed by atoms with E-state index >= 15 is 0 Å². The molecule has 0 rings (SSSR count). The van der Waals surface area contributed by atoms with Crippen molar-refractivity contribution in [1.82, 2.24) is 0 Å². The van der Waals surface area contributed by atoms with Gasteiger partial charge in [0.15, 0.2) is 12.2 Å². The average Bonchev–Trinajstić information content (AvgIpc) is 0.932. The number of unbranched alkanes of at least 4 members (excludes halogenated alkanes) is 42. The number of aliphatic hydroxyl groups excluding tert-OH is 1. The van der Waals surface area contributed by atoms with Crippen LogP contribution in [0.1, 0.15) is 388 Å². The summed E-state index contributed by atoms with van der Waals surface area (Å²) in [4.78, 5) is 72.9. The third-order valence-electron chi connectivity index (χ3n) is 18.2. The van der Waals surface area contributed by atoms with Crippen LogP contribution in [0, 0.1) is 11.8 Å². The van der Waals surface area contributed by atoms with Gasteiger partial charge >= 0.3 is 39.5 Å². The lowest BCUT2D eigenvalue weighted by molar-refractivity contribution is -0.161. The first kappa shape index (κ1) is 95.5. The highest BCUT2D eigenvalue weighted by Crippen LogP contribution is 2.45. The maximum absolute atomic E-state index is 13.1. The highest BCUT2D eigenvalue weighted by atomic mass is 31.2. The first-order valence-corrected chi connectivity index (χ1v) is 43.3. The summed E-state index contributed by atoms with van der Waals surface area (Å²) in [6.07, 6.45) is 61.8. The van der Waals surface area contributed by atoms with Crippen LogP contribution >= 0.6 is 15.6 Å². The predicted octanol–water partition coefficient (Wildman–Crippen LogP) is 23.1. The van der Waals surface area contributed by atoms with Gasteiger partial charge in [0, 0.05) is 25.7 Å². The van der Waals surface area contributed by atoms with E-state index in [2.05, 4.69) is 65.8 Å². The summed E-state index contributed by atoms with van der Waals surface area (Å²) in [5.41, 5.74) is 0. The molecule has 3 unspecified atom stereocenters. The van der Waals surface area contributed by atoms with Gasteiger partial charge in [0.1, 0.15) is 19.3 Å². The Kier molecular flexibility index (Phi) is 68.5. The van der Waals surface area contributed by atoms with Crippen LogP contribution in [-0.4, -0.2) is 96.7 Å². The molecule has 0 fully saturated rings. The van der Waals surface area contributed by atoms with E-state index in [1.165, 1.54) is 180 Å². The van der Waals surface area contributed by atoms with Gasteiger partial charge < -0.3 is 33.8 Å². The Hall–Kier alpha value is -2.46. The van der Waals surface area contributed by atoms with Gasteiger partial charge in [-0.1, -0.05) is 336 Å². The molecule has 0 aromatic heterocycles. The number of phosphoric ester groups is 2. The van der Waals surface area contributed by atoms with Gasteiger partial charge in [-0.2, -0.15) is 0 Å². The number of esters is 4. The number of hydrogen-bond donors (Lipinski definition) is 3. The van der Waals surface area contributed by atoms with Crippen molar-refractivity contribution in [2.75, 3.05) is 39.6 Å². The van der Waals surface area contributed by atoms with Crippen LogP contribution in [0.4, 0.5) is 0 Å². The first-order chi connectivity index (χ1) is 47.4. The molecule has 19 heteroatoms. The van der Waals surface area contributed by atoms with Crippen LogP contribution in [-0.2, 0) is 65.4 Å². The molecule has 0 aliphatic rings. The average molecular weight is 1430 g/mol. The topological polar surface area (TPSA) is 237 Å². The Morgan fingerprint density at radius 3 is 0.918 bits per heavy atom. The highest BCUT2D eigenvalue weighted by Gasteiger charge is 2.30. The summed E-state index contributed by atoms with van der Waals surface area (Å²) >= 11 is 0. The van der Waals surface area contributed by atoms with Gasteiger partial charge in [-0.25, -0.2) is 9.13 Å². The summed E-state index contributed by atoms with van der Waals surface area (Å²) in [6, 6.07) is 0. The molecule has 0 aliphatic carbocycles. The van der Waals surface area contributed by atoms with E-state index in [0.29, 0.717) is 31.6 Å². The largest absolute Gasteiger partial charge is 0.472 e. The van der Waals surface area contributed by atoms with Gasteiger partial charge in [-0.15, -0.1) is 0 Å². The molecular weight excluding hydrogens is 1280 g/mol. The minimum Gasteiger partial charge on any atom is -0.462 e. The Balaban J connectivity index is 5.28. The Bertz CT molecular complexity index is 1990. The molecule has 3 N–H and O–H groups in total. The molecule has 0 aromatic carbocycles. The number of hydrogen-bond acceptors (Lipinski definition) is 15.